The normalized spacial score (nSPS) is 22.8. The van der Waals surface area contributed by atoms with Crippen molar-refractivity contribution in [2.24, 2.45) is 5.92 Å². The Morgan fingerprint density at radius 1 is 1.16 bits per heavy atom. The van der Waals surface area contributed by atoms with Crippen LogP contribution in [-0.2, 0) is 6.54 Å². The van der Waals surface area contributed by atoms with Crippen LogP contribution in [-0.4, -0.2) is 36.8 Å². The molecule has 1 fully saturated rings. The highest BCUT2D eigenvalue weighted by atomic mass is 16.3. The van der Waals surface area contributed by atoms with E-state index in [1.807, 2.05) is 48.9 Å². The highest BCUT2D eigenvalue weighted by Crippen LogP contribution is 2.30. The molecule has 2 heterocycles. The molecule has 6 heteroatoms. The minimum atomic E-state index is -0.372. The monoisotopic (exact) mass is 335 g/mol. The highest BCUT2D eigenvalue weighted by molar-refractivity contribution is 5.62. The predicted octanol–water partition coefficient (Wildman–Crippen LogP) is 2.59. The molecule has 25 heavy (non-hydrogen) atoms. The molecular weight excluding hydrogens is 314 g/mol. The molecule has 0 saturated heterocycles. The van der Waals surface area contributed by atoms with Gasteiger partial charge in [-0.3, -0.25) is 0 Å². The van der Waals surface area contributed by atoms with Gasteiger partial charge in [0.1, 0.15) is 12.1 Å². The predicted molar refractivity (Wildman–Crippen MR) is 95.8 cm³/mol. The van der Waals surface area contributed by atoms with E-state index in [0.29, 0.717) is 5.92 Å². The van der Waals surface area contributed by atoms with Crippen molar-refractivity contribution in [1.29, 1.82) is 0 Å². The van der Waals surface area contributed by atoms with E-state index in [1.54, 1.807) is 12.5 Å². The topological polar surface area (TPSA) is 75.9 Å². The Labute approximate surface area is 146 Å². The molecule has 3 atom stereocenters. The standard InChI is InChI=1S/C19H21N5O/c25-18-9-14(11-24-7-6-20-13-24)8-17(18)23-19-10-16(21-12-22-19)15-4-2-1-3-5-15/h1-7,10,12-14,17-18,25H,8-9,11H2,(H,21,22,23)/t14?,17-,18-/m1/s1. The number of nitrogens with zero attached hydrogens (tertiary/aromatic N) is 4. The summed E-state index contributed by atoms with van der Waals surface area (Å²) in [5.41, 5.74) is 1.93. The van der Waals surface area contributed by atoms with E-state index in [4.69, 9.17) is 0 Å². The molecule has 1 aliphatic carbocycles. The van der Waals surface area contributed by atoms with Gasteiger partial charge in [-0.2, -0.15) is 0 Å². The SMILES string of the molecule is O[C@@H]1CC(Cn2ccnc2)C[C@H]1Nc1cc(-c2ccccc2)ncn1. The Kier molecular flexibility index (Phi) is 4.43. The average Bonchev–Trinajstić information content (AvgIpc) is 3.26. The van der Waals surface area contributed by atoms with Crippen LogP contribution in [0.1, 0.15) is 12.8 Å². The molecule has 4 rings (SSSR count). The molecule has 1 unspecified atom stereocenters. The molecule has 6 nitrogen and oxygen atoms in total. The number of imidazole rings is 1. The van der Waals surface area contributed by atoms with Gasteiger partial charge in [-0.1, -0.05) is 30.3 Å². The minimum Gasteiger partial charge on any atom is -0.391 e. The molecule has 0 bridgehead atoms. The number of benzene rings is 1. The quantitative estimate of drug-likeness (QED) is 0.749. The van der Waals surface area contributed by atoms with Gasteiger partial charge in [-0.05, 0) is 18.8 Å². The first-order valence-electron chi connectivity index (χ1n) is 8.56. The van der Waals surface area contributed by atoms with Gasteiger partial charge in [0.05, 0.1) is 24.2 Å². The zero-order chi connectivity index (χ0) is 17.1. The van der Waals surface area contributed by atoms with Crippen molar-refractivity contribution in [3.63, 3.8) is 0 Å². The fourth-order valence-corrected chi connectivity index (χ4v) is 3.51. The summed E-state index contributed by atoms with van der Waals surface area (Å²) in [6, 6.07) is 12.0. The van der Waals surface area contributed by atoms with Gasteiger partial charge in [0.15, 0.2) is 0 Å². The molecule has 2 N–H and O–H groups in total. The van der Waals surface area contributed by atoms with E-state index >= 15 is 0 Å². The second kappa shape index (κ2) is 7.03. The van der Waals surface area contributed by atoms with E-state index in [-0.39, 0.29) is 12.1 Å². The third kappa shape index (κ3) is 3.69. The average molecular weight is 335 g/mol. The zero-order valence-electron chi connectivity index (χ0n) is 13.9. The van der Waals surface area contributed by atoms with E-state index in [9.17, 15) is 5.11 Å². The van der Waals surface area contributed by atoms with Gasteiger partial charge in [0.2, 0.25) is 0 Å². The molecule has 128 valence electrons. The lowest BCUT2D eigenvalue weighted by Gasteiger charge is -2.17. The molecule has 3 aromatic rings. The van der Waals surface area contributed by atoms with Crippen LogP contribution in [0.3, 0.4) is 0 Å². The lowest BCUT2D eigenvalue weighted by Crippen LogP contribution is -2.28. The number of nitrogens with one attached hydrogen (secondary N) is 1. The highest BCUT2D eigenvalue weighted by Gasteiger charge is 2.33. The third-order valence-corrected chi connectivity index (χ3v) is 4.72. The van der Waals surface area contributed by atoms with Gasteiger partial charge in [-0.15, -0.1) is 0 Å². The van der Waals surface area contributed by atoms with Gasteiger partial charge in [0, 0.05) is 30.6 Å². The number of hydrogen-bond acceptors (Lipinski definition) is 5. The van der Waals surface area contributed by atoms with Crippen molar-refractivity contribution in [3.8, 4) is 11.3 Å². The maximum atomic E-state index is 10.4. The van der Waals surface area contributed by atoms with Gasteiger partial charge < -0.3 is 15.0 Å². The Bertz CT molecular complexity index is 806. The Morgan fingerprint density at radius 2 is 2.04 bits per heavy atom. The van der Waals surface area contributed by atoms with E-state index < -0.39 is 0 Å². The Balaban J connectivity index is 1.43. The number of aliphatic hydroxyl groups excluding tert-OH is 1. The first-order chi connectivity index (χ1) is 12.3. The molecule has 1 saturated carbocycles. The zero-order valence-corrected chi connectivity index (χ0v) is 13.9. The van der Waals surface area contributed by atoms with Gasteiger partial charge in [0.25, 0.3) is 0 Å². The number of aliphatic hydroxyl groups is 1. The first kappa shape index (κ1) is 15.8. The summed E-state index contributed by atoms with van der Waals surface area (Å²) < 4.78 is 2.07. The van der Waals surface area contributed by atoms with Crippen LogP contribution in [0.5, 0.6) is 0 Å². The minimum absolute atomic E-state index is 0.00652. The molecule has 2 aromatic heterocycles. The van der Waals surface area contributed by atoms with Crippen LogP contribution in [0.15, 0.2) is 61.4 Å². The Hall–Kier alpha value is -2.73. The summed E-state index contributed by atoms with van der Waals surface area (Å²) in [5, 5.41) is 13.8. The molecular formula is C19H21N5O. The summed E-state index contributed by atoms with van der Waals surface area (Å²) in [7, 11) is 0. The number of anilines is 1. The van der Waals surface area contributed by atoms with Crippen LogP contribution >= 0.6 is 0 Å². The number of aromatic nitrogens is 4. The maximum Gasteiger partial charge on any atom is 0.130 e. The third-order valence-electron chi connectivity index (χ3n) is 4.72. The summed E-state index contributed by atoms with van der Waals surface area (Å²) in [4.78, 5) is 12.7. The van der Waals surface area contributed by atoms with Crippen LogP contribution in [0.2, 0.25) is 0 Å². The van der Waals surface area contributed by atoms with Crippen molar-refractivity contribution in [2.75, 3.05) is 5.32 Å². The summed E-state index contributed by atoms with van der Waals surface area (Å²) in [5.74, 6) is 1.18. The van der Waals surface area contributed by atoms with Crippen molar-refractivity contribution in [3.05, 3.63) is 61.4 Å². The first-order valence-corrected chi connectivity index (χ1v) is 8.56. The summed E-state index contributed by atoms with van der Waals surface area (Å²) in [6.07, 6.45) is 8.45. The van der Waals surface area contributed by atoms with Crippen LogP contribution < -0.4 is 5.32 Å². The molecule has 1 aromatic carbocycles. The van der Waals surface area contributed by atoms with Gasteiger partial charge >= 0.3 is 0 Å². The smallest absolute Gasteiger partial charge is 0.130 e. The second-order valence-electron chi connectivity index (χ2n) is 6.57. The molecule has 0 amide bonds. The maximum absolute atomic E-state index is 10.4. The summed E-state index contributed by atoms with van der Waals surface area (Å²) >= 11 is 0. The number of hydrogen-bond donors (Lipinski definition) is 2. The van der Waals surface area contributed by atoms with Crippen LogP contribution in [0.4, 0.5) is 5.82 Å². The Morgan fingerprint density at radius 3 is 2.84 bits per heavy atom. The second-order valence-corrected chi connectivity index (χ2v) is 6.57. The molecule has 1 aliphatic rings. The lowest BCUT2D eigenvalue weighted by molar-refractivity contribution is 0.166. The van der Waals surface area contributed by atoms with E-state index in [0.717, 1.165) is 36.5 Å². The van der Waals surface area contributed by atoms with Crippen molar-refractivity contribution in [1.82, 2.24) is 19.5 Å². The number of rotatable bonds is 5. The fraction of sp³-hybridized carbons (Fsp3) is 0.316. The molecule has 0 radical (unpaired) electrons. The van der Waals surface area contributed by atoms with Crippen LogP contribution in [0, 0.1) is 5.92 Å². The fourth-order valence-electron chi connectivity index (χ4n) is 3.51. The largest absolute Gasteiger partial charge is 0.391 e. The summed E-state index contributed by atoms with van der Waals surface area (Å²) in [6.45, 7) is 0.883. The lowest BCUT2D eigenvalue weighted by atomic mass is 10.1. The van der Waals surface area contributed by atoms with Crippen LogP contribution in [0.25, 0.3) is 11.3 Å². The van der Waals surface area contributed by atoms with Crippen molar-refractivity contribution in [2.45, 2.75) is 31.5 Å². The molecule has 0 aliphatic heterocycles. The van der Waals surface area contributed by atoms with E-state index in [1.165, 1.54) is 0 Å². The van der Waals surface area contributed by atoms with Gasteiger partial charge in [-0.25, -0.2) is 15.0 Å². The van der Waals surface area contributed by atoms with Crippen molar-refractivity contribution >= 4 is 5.82 Å². The van der Waals surface area contributed by atoms with E-state index in [2.05, 4.69) is 24.8 Å². The molecule has 0 spiro atoms. The van der Waals surface area contributed by atoms with Crippen molar-refractivity contribution < 1.29 is 5.11 Å².